The standard InChI is InChI=1S/C15H20BrNO/c1-9-6-11(16)7-12-10(2)13(18-14(9)12)8-17-15(3,4)5/h6-7,17H,8H2,1-5H3. The fraction of sp³-hybridized carbons (Fsp3) is 0.467. The van der Waals surface area contributed by atoms with Gasteiger partial charge in [-0.15, -0.1) is 0 Å². The first-order valence-electron chi connectivity index (χ1n) is 6.21. The van der Waals surface area contributed by atoms with Gasteiger partial charge in [0.1, 0.15) is 11.3 Å². The van der Waals surface area contributed by atoms with Crippen LogP contribution in [0.25, 0.3) is 11.0 Å². The lowest BCUT2D eigenvalue weighted by Crippen LogP contribution is -2.35. The zero-order valence-corrected chi connectivity index (χ0v) is 13.2. The summed E-state index contributed by atoms with van der Waals surface area (Å²) in [6.07, 6.45) is 0. The van der Waals surface area contributed by atoms with Crippen molar-refractivity contribution < 1.29 is 4.42 Å². The van der Waals surface area contributed by atoms with Gasteiger partial charge in [-0.25, -0.2) is 0 Å². The maximum Gasteiger partial charge on any atom is 0.137 e. The molecule has 1 heterocycles. The molecule has 0 saturated carbocycles. The van der Waals surface area contributed by atoms with Crippen molar-refractivity contribution in [3.8, 4) is 0 Å². The van der Waals surface area contributed by atoms with Crippen LogP contribution < -0.4 is 5.32 Å². The van der Waals surface area contributed by atoms with Crippen molar-refractivity contribution in [2.75, 3.05) is 0 Å². The van der Waals surface area contributed by atoms with Crippen molar-refractivity contribution in [3.63, 3.8) is 0 Å². The number of halogens is 1. The minimum Gasteiger partial charge on any atom is -0.459 e. The van der Waals surface area contributed by atoms with Gasteiger partial charge in [0.25, 0.3) is 0 Å². The number of aryl methyl sites for hydroxylation is 2. The van der Waals surface area contributed by atoms with Crippen molar-refractivity contribution in [1.29, 1.82) is 0 Å². The van der Waals surface area contributed by atoms with Gasteiger partial charge in [-0.2, -0.15) is 0 Å². The number of hydrogen-bond donors (Lipinski definition) is 1. The van der Waals surface area contributed by atoms with E-state index in [2.05, 4.69) is 68.0 Å². The maximum absolute atomic E-state index is 6.00. The lowest BCUT2D eigenvalue weighted by molar-refractivity contribution is 0.394. The highest BCUT2D eigenvalue weighted by molar-refractivity contribution is 9.10. The van der Waals surface area contributed by atoms with Crippen LogP contribution in [-0.4, -0.2) is 5.54 Å². The van der Waals surface area contributed by atoms with Crippen LogP contribution in [0.2, 0.25) is 0 Å². The summed E-state index contributed by atoms with van der Waals surface area (Å²) >= 11 is 3.54. The first kappa shape index (κ1) is 13.6. The number of rotatable bonds is 2. The van der Waals surface area contributed by atoms with Gasteiger partial charge in [0.15, 0.2) is 0 Å². The summed E-state index contributed by atoms with van der Waals surface area (Å²) in [5.74, 6) is 1.03. The van der Waals surface area contributed by atoms with Crippen LogP contribution in [0.1, 0.15) is 37.7 Å². The molecule has 2 rings (SSSR count). The Morgan fingerprint density at radius 2 is 1.89 bits per heavy atom. The minimum absolute atomic E-state index is 0.0983. The Labute approximate surface area is 117 Å². The van der Waals surface area contributed by atoms with E-state index in [-0.39, 0.29) is 5.54 Å². The summed E-state index contributed by atoms with van der Waals surface area (Å²) < 4.78 is 7.10. The molecule has 98 valence electrons. The van der Waals surface area contributed by atoms with Crippen LogP contribution in [0.3, 0.4) is 0 Å². The Balaban J connectivity index is 2.41. The SMILES string of the molecule is Cc1c(CNC(C)(C)C)oc2c(C)cc(Br)cc12. The van der Waals surface area contributed by atoms with Crippen LogP contribution in [0, 0.1) is 13.8 Å². The second-order valence-corrected chi connectivity index (χ2v) is 6.77. The summed E-state index contributed by atoms with van der Waals surface area (Å²) in [7, 11) is 0. The molecule has 2 aromatic rings. The maximum atomic E-state index is 6.00. The third kappa shape index (κ3) is 2.78. The normalized spacial score (nSPS) is 12.3. The average molecular weight is 310 g/mol. The van der Waals surface area contributed by atoms with Gasteiger partial charge >= 0.3 is 0 Å². The molecule has 0 fully saturated rings. The van der Waals surface area contributed by atoms with Crippen LogP contribution >= 0.6 is 15.9 Å². The van der Waals surface area contributed by atoms with Gasteiger partial charge in [0, 0.05) is 15.4 Å². The summed E-state index contributed by atoms with van der Waals surface area (Å²) in [4.78, 5) is 0. The summed E-state index contributed by atoms with van der Waals surface area (Å²) in [5, 5.41) is 4.67. The van der Waals surface area contributed by atoms with E-state index in [1.165, 1.54) is 16.5 Å². The number of nitrogens with one attached hydrogen (secondary N) is 1. The molecule has 0 aliphatic carbocycles. The molecule has 18 heavy (non-hydrogen) atoms. The molecular weight excluding hydrogens is 290 g/mol. The molecule has 0 saturated heterocycles. The minimum atomic E-state index is 0.0983. The Kier molecular flexibility index (Phi) is 3.56. The van der Waals surface area contributed by atoms with Crippen LogP contribution in [0.15, 0.2) is 21.0 Å². The third-order valence-electron chi connectivity index (χ3n) is 3.07. The first-order valence-corrected chi connectivity index (χ1v) is 7.00. The van der Waals surface area contributed by atoms with Crippen molar-refractivity contribution in [2.45, 2.75) is 46.7 Å². The number of fused-ring (bicyclic) bond motifs is 1. The lowest BCUT2D eigenvalue weighted by atomic mass is 10.1. The first-order chi connectivity index (χ1) is 8.28. The molecule has 1 aromatic carbocycles. The molecule has 0 radical (unpaired) electrons. The van der Waals surface area contributed by atoms with Gasteiger partial charge in [0.05, 0.1) is 6.54 Å². The Bertz CT molecular complexity index is 578. The van der Waals surface area contributed by atoms with E-state index < -0.39 is 0 Å². The predicted octanol–water partition coefficient (Wildman–Crippen LogP) is 4.70. The van der Waals surface area contributed by atoms with Gasteiger partial charge < -0.3 is 9.73 Å². The van der Waals surface area contributed by atoms with Crippen molar-refractivity contribution in [1.82, 2.24) is 5.32 Å². The predicted molar refractivity (Wildman–Crippen MR) is 80.0 cm³/mol. The highest BCUT2D eigenvalue weighted by Crippen LogP contribution is 2.31. The molecule has 1 aromatic heterocycles. The Morgan fingerprint density at radius 3 is 2.50 bits per heavy atom. The molecule has 2 nitrogen and oxygen atoms in total. The molecule has 0 atom stereocenters. The molecule has 0 aliphatic rings. The van der Waals surface area contributed by atoms with E-state index in [1.54, 1.807) is 0 Å². The van der Waals surface area contributed by atoms with E-state index in [0.29, 0.717) is 0 Å². The van der Waals surface area contributed by atoms with Crippen molar-refractivity contribution in [3.05, 3.63) is 33.5 Å². The van der Waals surface area contributed by atoms with Crippen molar-refractivity contribution >= 4 is 26.9 Å². The molecule has 0 aliphatic heterocycles. The van der Waals surface area contributed by atoms with E-state index >= 15 is 0 Å². The van der Waals surface area contributed by atoms with Crippen LogP contribution in [-0.2, 0) is 6.54 Å². The molecule has 0 unspecified atom stereocenters. The molecule has 0 spiro atoms. The van der Waals surface area contributed by atoms with E-state index in [9.17, 15) is 0 Å². The topological polar surface area (TPSA) is 25.2 Å². The molecule has 1 N–H and O–H groups in total. The molecular formula is C15H20BrNO. The highest BCUT2D eigenvalue weighted by atomic mass is 79.9. The smallest absolute Gasteiger partial charge is 0.137 e. The number of furan rings is 1. The van der Waals surface area contributed by atoms with Gasteiger partial charge in [-0.1, -0.05) is 15.9 Å². The fourth-order valence-corrected chi connectivity index (χ4v) is 2.58. The highest BCUT2D eigenvalue weighted by Gasteiger charge is 2.15. The van der Waals surface area contributed by atoms with Gasteiger partial charge in [-0.3, -0.25) is 0 Å². The quantitative estimate of drug-likeness (QED) is 0.869. The van der Waals surface area contributed by atoms with E-state index in [0.717, 1.165) is 22.4 Å². The molecule has 3 heteroatoms. The molecule has 0 amide bonds. The van der Waals surface area contributed by atoms with Gasteiger partial charge in [-0.05, 0) is 57.9 Å². The van der Waals surface area contributed by atoms with E-state index in [1.807, 2.05) is 0 Å². The Hall–Kier alpha value is -0.800. The van der Waals surface area contributed by atoms with Gasteiger partial charge in [0.2, 0.25) is 0 Å². The van der Waals surface area contributed by atoms with Crippen molar-refractivity contribution in [2.24, 2.45) is 0 Å². The number of benzene rings is 1. The number of hydrogen-bond acceptors (Lipinski definition) is 2. The average Bonchev–Trinajstić information content (AvgIpc) is 2.53. The van der Waals surface area contributed by atoms with Crippen LogP contribution in [0.4, 0.5) is 0 Å². The molecule has 0 bridgehead atoms. The second-order valence-electron chi connectivity index (χ2n) is 5.85. The summed E-state index contributed by atoms with van der Waals surface area (Å²) in [6.45, 7) is 11.4. The zero-order valence-electron chi connectivity index (χ0n) is 11.6. The Morgan fingerprint density at radius 1 is 1.22 bits per heavy atom. The summed E-state index contributed by atoms with van der Waals surface area (Å²) in [6, 6.07) is 4.22. The van der Waals surface area contributed by atoms with Crippen LogP contribution in [0.5, 0.6) is 0 Å². The largest absolute Gasteiger partial charge is 0.459 e. The fourth-order valence-electron chi connectivity index (χ4n) is 2.01. The third-order valence-corrected chi connectivity index (χ3v) is 3.52. The van der Waals surface area contributed by atoms with E-state index in [4.69, 9.17) is 4.42 Å². The second kappa shape index (κ2) is 4.71. The zero-order chi connectivity index (χ0) is 13.5. The monoisotopic (exact) mass is 309 g/mol. The lowest BCUT2D eigenvalue weighted by Gasteiger charge is -2.19. The summed E-state index contributed by atoms with van der Waals surface area (Å²) in [5.41, 5.74) is 3.50.